The van der Waals surface area contributed by atoms with Crippen LogP contribution in [0.1, 0.15) is 22.7 Å². The number of nitrogens with one attached hydrogen (secondary N) is 1. The van der Waals surface area contributed by atoms with Gasteiger partial charge in [0.05, 0.1) is 6.33 Å². The topological polar surface area (TPSA) is 114 Å². The largest absolute Gasteiger partial charge is 0.475 e. The van der Waals surface area contributed by atoms with Crippen LogP contribution in [0.5, 0.6) is 0 Å². The molecule has 114 valence electrons. The van der Waals surface area contributed by atoms with Crippen LogP contribution in [0.2, 0.25) is 0 Å². The normalized spacial score (nSPS) is 11.7. The molecule has 0 aliphatic carbocycles. The highest BCUT2D eigenvalue weighted by Crippen LogP contribution is 2.19. The second kappa shape index (κ2) is 6.10. The number of nitrogens with zero attached hydrogens (tertiary/aromatic N) is 2. The minimum atomic E-state index is -3.78. The van der Waals surface area contributed by atoms with Crippen molar-refractivity contribution < 1.29 is 22.7 Å². The van der Waals surface area contributed by atoms with Crippen molar-refractivity contribution in [1.82, 2.24) is 14.3 Å². The summed E-state index contributed by atoms with van der Waals surface area (Å²) in [5, 5.41) is 8.79. The van der Waals surface area contributed by atoms with E-state index in [4.69, 9.17) is 9.52 Å². The van der Waals surface area contributed by atoms with Gasteiger partial charge in [-0.2, -0.15) is 0 Å². The maximum Gasteiger partial charge on any atom is 0.371 e. The lowest BCUT2D eigenvalue weighted by molar-refractivity contribution is 0.0661. The lowest BCUT2D eigenvalue weighted by Crippen LogP contribution is -2.25. The number of carboxylic acid groups (broad SMARTS) is 1. The van der Waals surface area contributed by atoms with Gasteiger partial charge in [-0.3, -0.25) is 0 Å². The summed E-state index contributed by atoms with van der Waals surface area (Å²) in [6, 6.07) is 1.01. The van der Waals surface area contributed by atoms with Gasteiger partial charge in [-0.25, -0.2) is 22.9 Å². The first kappa shape index (κ1) is 15.3. The van der Waals surface area contributed by atoms with Gasteiger partial charge in [-0.1, -0.05) is 0 Å². The molecule has 0 saturated heterocycles. The van der Waals surface area contributed by atoms with Gasteiger partial charge in [0.1, 0.15) is 10.7 Å². The van der Waals surface area contributed by atoms with E-state index in [0.717, 1.165) is 6.07 Å². The summed E-state index contributed by atoms with van der Waals surface area (Å²) >= 11 is 0. The van der Waals surface area contributed by atoms with Crippen molar-refractivity contribution in [2.75, 3.05) is 6.54 Å². The van der Waals surface area contributed by atoms with Crippen LogP contribution in [0.15, 0.2) is 34.1 Å². The fraction of sp³-hybridized carbons (Fsp3) is 0.333. The average Bonchev–Trinajstić information content (AvgIpc) is 3.04. The molecule has 2 aromatic heterocycles. The van der Waals surface area contributed by atoms with Crippen LogP contribution >= 0.6 is 0 Å². The Morgan fingerprint density at radius 3 is 2.86 bits per heavy atom. The van der Waals surface area contributed by atoms with E-state index >= 15 is 0 Å². The van der Waals surface area contributed by atoms with Crippen LogP contribution in [-0.2, 0) is 16.6 Å². The molecule has 0 aromatic carbocycles. The van der Waals surface area contributed by atoms with Crippen molar-refractivity contribution in [2.45, 2.75) is 24.8 Å². The maximum absolute atomic E-state index is 12.1. The molecule has 2 N–H and O–H groups in total. The lowest BCUT2D eigenvalue weighted by atomic mass is 10.4. The molecule has 0 spiro atoms. The fourth-order valence-electron chi connectivity index (χ4n) is 1.80. The first-order valence-corrected chi connectivity index (χ1v) is 7.67. The minimum absolute atomic E-state index is 0.0505. The zero-order valence-corrected chi connectivity index (χ0v) is 12.1. The molecule has 0 bridgehead atoms. The smallest absolute Gasteiger partial charge is 0.371 e. The summed E-state index contributed by atoms with van der Waals surface area (Å²) in [7, 11) is -3.78. The van der Waals surface area contributed by atoms with Crippen molar-refractivity contribution in [2.24, 2.45) is 0 Å². The van der Waals surface area contributed by atoms with Gasteiger partial charge in [0.25, 0.3) is 0 Å². The Hall–Kier alpha value is -2.13. The van der Waals surface area contributed by atoms with E-state index in [1.54, 1.807) is 18.7 Å². The second-order valence-electron chi connectivity index (χ2n) is 4.39. The van der Waals surface area contributed by atoms with Crippen LogP contribution in [0.25, 0.3) is 0 Å². The monoisotopic (exact) mass is 313 g/mol. The zero-order valence-electron chi connectivity index (χ0n) is 11.3. The van der Waals surface area contributed by atoms with Crippen LogP contribution < -0.4 is 4.72 Å². The Morgan fingerprint density at radius 1 is 1.52 bits per heavy atom. The predicted molar refractivity (Wildman–Crippen MR) is 72.4 cm³/mol. The summed E-state index contributed by atoms with van der Waals surface area (Å²) in [6.07, 6.45) is 5.66. The number of rotatable bonds is 7. The van der Waals surface area contributed by atoms with Gasteiger partial charge < -0.3 is 14.1 Å². The third-order valence-electron chi connectivity index (χ3n) is 2.82. The SMILES string of the molecule is Cc1oc(C(=O)O)cc1S(=O)(=O)NCCCn1ccnc1. The Kier molecular flexibility index (Phi) is 4.43. The van der Waals surface area contributed by atoms with E-state index in [1.165, 1.54) is 6.92 Å². The Labute approximate surface area is 121 Å². The molecule has 0 aliphatic heterocycles. The van der Waals surface area contributed by atoms with Crippen molar-refractivity contribution in [3.8, 4) is 0 Å². The van der Waals surface area contributed by atoms with Crippen molar-refractivity contribution in [1.29, 1.82) is 0 Å². The third kappa shape index (κ3) is 3.70. The standard InChI is InChI=1S/C12H15N3O5S/c1-9-11(7-10(20-9)12(16)17)21(18,19)14-3-2-5-15-6-4-13-8-15/h4,6-8,14H,2-3,5H2,1H3,(H,16,17). The molecule has 2 heterocycles. The first-order valence-electron chi connectivity index (χ1n) is 6.19. The summed E-state index contributed by atoms with van der Waals surface area (Å²) in [6.45, 7) is 2.27. The molecule has 8 nitrogen and oxygen atoms in total. The number of imidazole rings is 1. The second-order valence-corrected chi connectivity index (χ2v) is 6.12. The Morgan fingerprint density at radius 2 is 2.29 bits per heavy atom. The van der Waals surface area contributed by atoms with Crippen molar-refractivity contribution >= 4 is 16.0 Å². The van der Waals surface area contributed by atoms with Gasteiger partial charge in [0, 0.05) is 31.5 Å². The fourth-order valence-corrected chi connectivity index (χ4v) is 3.05. The third-order valence-corrected chi connectivity index (χ3v) is 4.39. The maximum atomic E-state index is 12.1. The van der Waals surface area contributed by atoms with Gasteiger partial charge in [-0.15, -0.1) is 0 Å². The van der Waals surface area contributed by atoms with Crippen LogP contribution in [0.4, 0.5) is 0 Å². The van der Waals surface area contributed by atoms with E-state index in [0.29, 0.717) is 13.0 Å². The predicted octanol–water partition coefficient (Wildman–Crippen LogP) is 0.851. The van der Waals surface area contributed by atoms with E-state index < -0.39 is 21.8 Å². The lowest BCUT2D eigenvalue weighted by Gasteiger charge is -2.06. The molecule has 0 amide bonds. The number of carbonyl (C=O) groups is 1. The van der Waals surface area contributed by atoms with E-state index in [1.807, 2.05) is 4.57 Å². The van der Waals surface area contributed by atoms with Crippen LogP contribution in [0, 0.1) is 6.92 Å². The molecular formula is C12H15N3O5S. The summed E-state index contributed by atoms with van der Waals surface area (Å²) in [4.78, 5) is 14.5. The average molecular weight is 313 g/mol. The summed E-state index contributed by atoms with van der Waals surface area (Å²) in [5.74, 6) is -1.65. The summed E-state index contributed by atoms with van der Waals surface area (Å²) < 4.78 is 33.3. The Balaban J connectivity index is 1.96. The molecule has 2 aromatic rings. The van der Waals surface area contributed by atoms with E-state index in [2.05, 4.69) is 9.71 Å². The van der Waals surface area contributed by atoms with Gasteiger partial charge in [0.15, 0.2) is 0 Å². The molecular weight excluding hydrogens is 298 g/mol. The molecule has 0 aliphatic rings. The van der Waals surface area contributed by atoms with Crippen molar-refractivity contribution in [3.05, 3.63) is 36.3 Å². The molecule has 0 atom stereocenters. The number of aryl methyl sites for hydroxylation is 2. The number of aromatic nitrogens is 2. The van der Waals surface area contributed by atoms with Crippen LogP contribution in [0.3, 0.4) is 0 Å². The van der Waals surface area contributed by atoms with Crippen LogP contribution in [-0.4, -0.2) is 35.6 Å². The number of aromatic carboxylic acids is 1. The zero-order chi connectivity index (χ0) is 15.5. The highest BCUT2D eigenvalue weighted by Gasteiger charge is 2.23. The molecule has 0 fully saturated rings. The molecule has 0 saturated carbocycles. The van der Waals surface area contributed by atoms with Crippen molar-refractivity contribution in [3.63, 3.8) is 0 Å². The highest BCUT2D eigenvalue weighted by atomic mass is 32.2. The van der Waals surface area contributed by atoms with Gasteiger partial charge in [0.2, 0.25) is 15.8 Å². The Bertz CT molecular complexity index is 718. The minimum Gasteiger partial charge on any atom is -0.475 e. The first-order chi connectivity index (χ1) is 9.90. The highest BCUT2D eigenvalue weighted by molar-refractivity contribution is 7.89. The number of carboxylic acids is 1. The number of furan rings is 1. The summed E-state index contributed by atoms with van der Waals surface area (Å²) in [5.41, 5.74) is 0. The number of hydrogen-bond acceptors (Lipinski definition) is 5. The number of sulfonamides is 1. The molecule has 0 radical (unpaired) electrons. The van der Waals surface area contributed by atoms with E-state index in [-0.39, 0.29) is 17.2 Å². The number of hydrogen-bond donors (Lipinski definition) is 2. The van der Waals surface area contributed by atoms with Gasteiger partial charge in [-0.05, 0) is 13.3 Å². The molecule has 21 heavy (non-hydrogen) atoms. The quantitative estimate of drug-likeness (QED) is 0.732. The van der Waals surface area contributed by atoms with E-state index in [9.17, 15) is 13.2 Å². The molecule has 0 unspecified atom stereocenters. The van der Waals surface area contributed by atoms with Gasteiger partial charge >= 0.3 is 5.97 Å². The molecule has 9 heteroatoms. The molecule has 2 rings (SSSR count).